The molecular formula is C12H24N2O3S2. The van der Waals surface area contributed by atoms with Gasteiger partial charge in [-0.1, -0.05) is 12.8 Å². The van der Waals surface area contributed by atoms with Gasteiger partial charge in [-0.2, -0.15) is 24.5 Å². The first-order valence-corrected chi connectivity index (χ1v) is 9.61. The Hall–Kier alpha value is 0.180. The normalized spacial score (nSPS) is 30.4. The van der Waals surface area contributed by atoms with Crippen molar-refractivity contribution < 1.29 is 13.5 Å². The molecule has 2 N–H and O–H groups in total. The summed E-state index contributed by atoms with van der Waals surface area (Å²) in [6.45, 7) is 0.957. The molecule has 2 rings (SSSR count). The second-order valence-corrected chi connectivity index (χ2v) is 8.40. The molecule has 2 fully saturated rings. The molecule has 0 aromatic rings. The third-order valence-electron chi connectivity index (χ3n) is 3.86. The highest BCUT2D eigenvalue weighted by Gasteiger charge is 2.32. The number of aliphatic hydroxyl groups is 1. The summed E-state index contributed by atoms with van der Waals surface area (Å²) in [7, 11) is -3.43. The van der Waals surface area contributed by atoms with Gasteiger partial charge < -0.3 is 5.11 Å². The molecule has 7 heteroatoms. The van der Waals surface area contributed by atoms with Gasteiger partial charge in [-0.05, 0) is 31.4 Å². The first-order valence-electron chi connectivity index (χ1n) is 7.12. The Morgan fingerprint density at radius 2 is 2.00 bits per heavy atom. The van der Waals surface area contributed by atoms with Crippen molar-refractivity contribution in [2.45, 2.75) is 49.8 Å². The van der Waals surface area contributed by atoms with E-state index in [0.29, 0.717) is 18.3 Å². The summed E-state index contributed by atoms with van der Waals surface area (Å²) in [4.78, 5) is 0. The molecule has 2 atom stereocenters. The molecule has 2 heterocycles. The zero-order valence-corrected chi connectivity index (χ0v) is 12.9. The number of thioether (sulfide) groups is 1. The smallest absolute Gasteiger partial charge is 0.279 e. The van der Waals surface area contributed by atoms with E-state index >= 15 is 0 Å². The Balaban J connectivity index is 1.89. The predicted octanol–water partition coefficient (Wildman–Crippen LogP) is 0.953. The van der Waals surface area contributed by atoms with E-state index in [1.807, 2.05) is 11.8 Å². The molecule has 0 aromatic heterocycles. The third kappa shape index (κ3) is 4.32. The number of aliphatic hydroxyl groups excluding tert-OH is 1. The Morgan fingerprint density at radius 1 is 1.21 bits per heavy atom. The second kappa shape index (κ2) is 7.26. The maximum absolute atomic E-state index is 12.3. The summed E-state index contributed by atoms with van der Waals surface area (Å²) in [6, 6.07) is -0.245. The average molecular weight is 308 g/mol. The van der Waals surface area contributed by atoms with Crippen LogP contribution in [0.5, 0.6) is 0 Å². The van der Waals surface area contributed by atoms with Crippen LogP contribution >= 0.6 is 11.8 Å². The Kier molecular flexibility index (Phi) is 5.95. The van der Waals surface area contributed by atoms with Crippen LogP contribution in [-0.2, 0) is 10.2 Å². The number of nitrogens with zero attached hydrogens (tertiary/aromatic N) is 1. The summed E-state index contributed by atoms with van der Waals surface area (Å²) >= 11 is 1.86. The van der Waals surface area contributed by atoms with Gasteiger partial charge in [0, 0.05) is 24.4 Å². The van der Waals surface area contributed by atoms with E-state index in [1.54, 1.807) is 0 Å². The van der Waals surface area contributed by atoms with Gasteiger partial charge in [-0.3, -0.25) is 0 Å². The minimum absolute atomic E-state index is 0.0842. The molecule has 2 saturated heterocycles. The van der Waals surface area contributed by atoms with Crippen molar-refractivity contribution in [1.82, 2.24) is 9.03 Å². The molecular weight excluding hydrogens is 284 g/mol. The van der Waals surface area contributed by atoms with Crippen molar-refractivity contribution in [3.8, 4) is 0 Å². The van der Waals surface area contributed by atoms with Gasteiger partial charge in [-0.25, -0.2) is 4.72 Å². The van der Waals surface area contributed by atoms with Gasteiger partial charge >= 0.3 is 0 Å². The predicted molar refractivity (Wildman–Crippen MR) is 78.5 cm³/mol. The van der Waals surface area contributed by atoms with Crippen LogP contribution in [0.15, 0.2) is 0 Å². The zero-order valence-electron chi connectivity index (χ0n) is 11.3. The maximum Gasteiger partial charge on any atom is 0.279 e. The molecule has 0 aromatic carbocycles. The van der Waals surface area contributed by atoms with Crippen molar-refractivity contribution in [3.63, 3.8) is 0 Å². The molecule has 2 unspecified atom stereocenters. The molecule has 0 aliphatic carbocycles. The van der Waals surface area contributed by atoms with Crippen LogP contribution in [0.25, 0.3) is 0 Å². The second-order valence-electron chi connectivity index (χ2n) is 5.28. The lowest BCUT2D eigenvalue weighted by atomic mass is 10.1. The highest BCUT2D eigenvalue weighted by Crippen LogP contribution is 2.25. The number of nitrogens with one attached hydrogen (secondary N) is 1. The molecule has 0 amide bonds. The highest BCUT2D eigenvalue weighted by atomic mass is 32.2. The third-order valence-corrected chi connectivity index (χ3v) is 6.89. The van der Waals surface area contributed by atoms with Crippen LogP contribution < -0.4 is 4.72 Å². The number of hydrogen-bond acceptors (Lipinski definition) is 4. The fourth-order valence-electron chi connectivity index (χ4n) is 2.72. The van der Waals surface area contributed by atoms with Crippen molar-refractivity contribution in [3.05, 3.63) is 0 Å². The van der Waals surface area contributed by atoms with E-state index in [9.17, 15) is 13.5 Å². The Labute approximate surface area is 120 Å². The lowest BCUT2D eigenvalue weighted by Crippen LogP contribution is -2.51. The summed E-state index contributed by atoms with van der Waals surface area (Å²) in [5.41, 5.74) is 0. The number of rotatable bonds is 5. The van der Waals surface area contributed by atoms with E-state index in [4.69, 9.17) is 0 Å². The van der Waals surface area contributed by atoms with Gasteiger partial charge in [0.25, 0.3) is 10.2 Å². The summed E-state index contributed by atoms with van der Waals surface area (Å²) in [6.07, 6.45) is 6.17. The SMILES string of the molecule is O=S(=O)(NCC1CCCCS1)N1CCCCC1CO. The molecule has 0 spiro atoms. The van der Waals surface area contributed by atoms with Crippen molar-refractivity contribution >= 4 is 22.0 Å². The van der Waals surface area contributed by atoms with Gasteiger partial charge in [0.2, 0.25) is 0 Å². The molecule has 19 heavy (non-hydrogen) atoms. The minimum Gasteiger partial charge on any atom is -0.395 e. The van der Waals surface area contributed by atoms with E-state index in [0.717, 1.165) is 31.4 Å². The molecule has 112 valence electrons. The fourth-order valence-corrected chi connectivity index (χ4v) is 5.58. The van der Waals surface area contributed by atoms with E-state index in [2.05, 4.69) is 4.72 Å². The highest BCUT2D eigenvalue weighted by molar-refractivity contribution is 8.00. The number of hydrogen-bond donors (Lipinski definition) is 2. The van der Waals surface area contributed by atoms with Crippen molar-refractivity contribution in [1.29, 1.82) is 0 Å². The van der Waals surface area contributed by atoms with Crippen LogP contribution in [0, 0.1) is 0 Å². The lowest BCUT2D eigenvalue weighted by Gasteiger charge is -2.34. The van der Waals surface area contributed by atoms with Crippen molar-refractivity contribution in [2.24, 2.45) is 0 Å². The first-order chi connectivity index (χ1) is 9.13. The van der Waals surface area contributed by atoms with Gasteiger partial charge in [0.1, 0.15) is 0 Å². The zero-order chi connectivity index (χ0) is 13.7. The monoisotopic (exact) mass is 308 g/mol. The van der Waals surface area contributed by atoms with Crippen molar-refractivity contribution in [2.75, 3.05) is 25.4 Å². The lowest BCUT2D eigenvalue weighted by molar-refractivity contribution is 0.154. The average Bonchev–Trinajstić information content (AvgIpc) is 2.46. The Morgan fingerprint density at radius 3 is 2.68 bits per heavy atom. The minimum atomic E-state index is -3.43. The molecule has 2 aliphatic rings. The molecule has 0 bridgehead atoms. The standard InChI is InChI=1S/C12H24N2O3S2/c15-10-11-5-1-3-7-14(11)19(16,17)13-9-12-6-2-4-8-18-12/h11-13,15H,1-10H2. The van der Waals surface area contributed by atoms with Crippen LogP contribution in [-0.4, -0.2) is 54.6 Å². The summed E-state index contributed by atoms with van der Waals surface area (Å²) < 4.78 is 28.8. The summed E-state index contributed by atoms with van der Waals surface area (Å²) in [5.74, 6) is 1.13. The van der Waals surface area contributed by atoms with E-state index in [1.165, 1.54) is 17.1 Å². The quantitative estimate of drug-likeness (QED) is 0.793. The molecule has 0 saturated carbocycles. The first kappa shape index (κ1) is 15.6. The van der Waals surface area contributed by atoms with Gasteiger partial charge in [0.05, 0.1) is 6.61 Å². The molecule has 5 nitrogen and oxygen atoms in total. The van der Waals surface area contributed by atoms with E-state index in [-0.39, 0.29) is 12.6 Å². The number of piperidine rings is 1. The molecule has 2 aliphatic heterocycles. The van der Waals surface area contributed by atoms with Gasteiger partial charge in [0.15, 0.2) is 0 Å². The molecule has 0 radical (unpaired) electrons. The van der Waals surface area contributed by atoms with Crippen LogP contribution in [0.3, 0.4) is 0 Å². The maximum atomic E-state index is 12.3. The largest absolute Gasteiger partial charge is 0.395 e. The van der Waals surface area contributed by atoms with Crippen LogP contribution in [0.1, 0.15) is 38.5 Å². The Bertz CT molecular complexity index is 369. The van der Waals surface area contributed by atoms with Crippen LogP contribution in [0.2, 0.25) is 0 Å². The van der Waals surface area contributed by atoms with Crippen LogP contribution in [0.4, 0.5) is 0 Å². The topological polar surface area (TPSA) is 69.6 Å². The van der Waals surface area contributed by atoms with Gasteiger partial charge in [-0.15, -0.1) is 0 Å². The fraction of sp³-hybridized carbons (Fsp3) is 1.00. The van der Waals surface area contributed by atoms with E-state index < -0.39 is 10.2 Å². The summed E-state index contributed by atoms with van der Waals surface area (Å²) in [5, 5.41) is 9.71.